The molecule has 1 heteroatoms. The molecule has 1 nitrogen and oxygen atoms in total. The lowest BCUT2D eigenvalue weighted by molar-refractivity contribution is 0.393. The van der Waals surface area contributed by atoms with Crippen LogP contribution in [0.3, 0.4) is 0 Å². The van der Waals surface area contributed by atoms with E-state index in [-0.39, 0.29) is 0 Å². The molecule has 0 heterocycles. The normalized spacial score (nSPS) is 20.3. The fraction of sp³-hybridized carbons (Fsp3) is 0.0769. The van der Waals surface area contributed by atoms with Crippen LogP contribution in [-0.2, 0) is 10.8 Å². The van der Waals surface area contributed by atoms with Crippen LogP contribution in [0.1, 0.15) is 33.4 Å². The molecule has 0 atom stereocenters. The molecule has 6 aromatic carbocycles. The van der Waals surface area contributed by atoms with Gasteiger partial charge in [0.05, 0.1) is 17.9 Å². The highest BCUT2D eigenvalue weighted by molar-refractivity contribution is 5.98. The van der Waals surface area contributed by atoms with Crippen LogP contribution in [0.15, 0.2) is 140 Å². The third-order valence-corrected chi connectivity index (χ3v) is 9.72. The van der Waals surface area contributed by atoms with Crippen molar-refractivity contribution in [2.75, 3.05) is 7.11 Å². The zero-order valence-corrected chi connectivity index (χ0v) is 22.2. The highest BCUT2D eigenvalue weighted by Gasteiger charge is 2.66. The van der Waals surface area contributed by atoms with Crippen LogP contribution in [0.5, 0.6) is 5.75 Å². The first-order valence-corrected chi connectivity index (χ1v) is 14.0. The Morgan fingerprint density at radius 2 is 0.650 bits per heavy atom. The molecule has 0 unspecified atom stereocenters. The summed E-state index contributed by atoms with van der Waals surface area (Å²) >= 11 is 0. The van der Waals surface area contributed by atoms with Crippen LogP contribution in [-0.4, -0.2) is 7.11 Å². The largest absolute Gasteiger partial charge is 0.497 e. The van der Waals surface area contributed by atoms with Gasteiger partial charge in [0, 0.05) is 0 Å². The van der Waals surface area contributed by atoms with Crippen molar-refractivity contribution >= 4 is 0 Å². The first-order valence-electron chi connectivity index (χ1n) is 14.0. The maximum Gasteiger partial charge on any atom is 0.119 e. The second-order valence-corrected chi connectivity index (χ2v) is 11.1. The second kappa shape index (κ2) is 7.61. The summed E-state index contributed by atoms with van der Waals surface area (Å²) in [6, 6.07) is 52.2. The predicted octanol–water partition coefficient (Wildman–Crippen LogP) is 9.01. The predicted molar refractivity (Wildman–Crippen MR) is 162 cm³/mol. The van der Waals surface area contributed by atoms with Crippen molar-refractivity contribution in [2.24, 2.45) is 0 Å². The lowest BCUT2D eigenvalue weighted by Crippen LogP contribution is -2.58. The van der Waals surface area contributed by atoms with E-state index in [9.17, 15) is 0 Å². The lowest BCUT2D eigenvalue weighted by Gasteiger charge is -2.62. The summed E-state index contributed by atoms with van der Waals surface area (Å²) in [6.45, 7) is 0. The summed E-state index contributed by atoms with van der Waals surface area (Å²) in [5, 5.41) is 0. The smallest absolute Gasteiger partial charge is 0.119 e. The van der Waals surface area contributed by atoms with Gasteiger partial charge in [-0.15, -0.1) is 0 Å². The molecule has 0 spiro atoms. The summed E-state index contributed by atoms with van der Waals surface area (Å²) in [5.74, 6) is 0.883. The van der Waals surface area contributed by atoms with Crippen molar-refractivity contribution < 1.29 is 4.74 Å². The lowest BCUT2D eigenvalue weighted by atomic mass is 9.38. The Kier molecular flexibility index (Phi) is 4.18. The molecule has 40 heavy (non-hydrogen) atoms. The Balaban J connectivity index is 1.66. The topological polar surface area (TPSA) is 9.23 Å². The minimum absolute atomic E-state index is 0.487. The molecule has 0 aromatic heterocycles. The molecule has 0 radical (unpaired) electrons. The van der Waals surface area contributed by atoms with E-state index in [4.69, 9.17) is 4.74 Å². The molecule has 0 N–H and O–H groups in total. The average Bonchev–Trinajstić information content (AvgIpc) is 3.04. The van der Waals surface area contributed by atoms with E-state index in [1.54, 1.807) is 7.11 Å². The van der Waals surface area contributed by atoms with Crippen LogP contribution in [0.25, 0.3) is 33.4 Å². The first-order chi connectivity index (χ1) is 19.8. The van der Waals surface area contributed by atoms with Gasteiger partial charge in [-0.2, -0.15) is 0 Å². The van der Waals surface area contributed by atoms with Gasteiger partial charge in [-0.3, -0.25) is 0 Å². The van der Waals surface area contributed by atoms with Crippen molar-refractivity contribution in [1.29, 1.82) is 0 Å². The van der Waals surface area contributed by atoms with E-state index < -0.39 is 10.8 Å². The summed E-state index contributed by atoms with van der Waals surface area (Å²) in [7, 11) is 1.78. The molecule has 3 aliphatic carbocycles. The highest BCUT2D eigenvalue weighted by Crippen LogP contribution is 2.73. The number of ether oxygens (including phenoxy) is 1. The Hall–Kier alpha value is -4.88. The van der Waals surface area contributed by atoms with Crippen molar-refractivity contribution in [3.8, 4) is 39.1 Å². The fourth-order valence-corrected chi connectivity index (χ4v) is 8.50. The van der Waals surface area contributed by atoms with Crippen molar-refractivity contribution in [3.05, 3.63) is 173 Å². The third-order valence-electron chi connectivity index (χ3n) is 9.72. The zero-order valence-electron chi connectivity index (χ0n) is 22.2. The van der Waals surface area contributed by atoms with Crippen molar-refractivity contribution in [2.45, 2.75) is 10.8 Å². The summed E-state index contributed by atoms with van der Waals surface area (Å²) in [6.07, 6.45) is 0. The molecule has 188 valence electrons. The number of rotatable bonds is 1. The number of benzene rings is 6. The van der Waals surface area contributed by atoms with Gasteiger partial charge >= 0.3 is 0 Å². The monoisotopic (exact) mass is 510 g/mol. The number of methoxy groups -OCH3 is 1. The number of hydrogen-bond donors (Lipinski definition) is 0. The molecule has 6 aromatic rings. The van der Waals surface area contributed by atoms with Crippen LogP contribution in [0, 0.1) is 0 Å². The van der Waals surface area contributed by atoms with Crippen molar-refractivity contribution in [1.82, 2.24) is 0 Å². The van der Waals surface area contributed by atoms with Crippen molar-refractivity contribution in [3.63, 3.8) is 0 Å². The minimum atomic E-state index is -0.513. The van der Waals surface area contributed by atoms with Gasteiger partial charge in [-0.05, 0) is 78.9 Å². The molecular weight excluding hydrogens is 484 g/mol. The Morgan fingerprint density at radius 3 is 1.00 bits per heavy atom. The van der Waals surface area contributed by atoms with Gasteiger partial charge in [0.1, 0.15) is 5.75 Å². The molecule has 0 bridgehead atoms. The van der Waals surface area contributed by atoms with Gasteiger partial charge in [-0.25, -0.2) is 0 Å². The Bertz CT molecular complexity index is 1920. The maximum absolute atomic E-state index is 5.94. The third kappa shape index (κ3) is 2.29. The fourth-order valence-electron chi connectivity index (χ4n) is 8.50. The van der Waals surface area contributed by atoms with E-state index in [0.29, 0.717) is 0 Å². The second-order valence-electron chi connectivity index (χ2n) is 11.1. The summed E-state index contributed by atoms with van der Waals surface area (Å²) in [4.78, 5) is 0. The Labute approximate surface area is 234 Å². The summed E-state index contributed by atoms with van der Waals surface area (Å²) in [5.41, 5.74) is 14.9. The molecule has 9 rings (SSSR count). The number of fused-ring (bicyclic) bond motifs is 9. The van der Waals surface area contributed by atoms with Crippen LogP contribution < -0.4 is 4.74 Å². The molecule has 0 fully saturated rings. The molecule has 3 aliphatic rings. The van der Waals surface area contributed by atoms with Gasteiger partial charge in [-0.1, -0.05) is 127 Å². The van der Waals surface area contributed by atoms with Gasteiger partial charge in [0.25, 0.3) is 0 Å². The van der Waals surface area contributed by atoms with E-state index in [1.165, 1.54) is 66.8 Å². The Morgan fingerprint density at radius 1 is 0.350 bits per heavy atom. The van der Waals surface area contributed by atoms with E-state index in [1.807, 2.05) is 0 Å². The SMILES string of the molecule is COc1ccc2c(c1)C13c4ccccc4-c4ccccc4C1(c1ccccc1-c1ccccc13)c1ccccc1-2. The number of hydrogen-bond acceptors (Lipinski definition) is 1. The van der Waals surface area contributed by atoms with Crippen LogP contribution in [0.2, 0.25) is 0 Å². The first kappa shape index (κ1) is 22.0. The molecule has 0 saturated carbocycles. The highest BCUT2D eigenvalue weighted by atomic mass is 16.5. The van der Waals surface area contributed by atoms with E-state index in [0.717, 1.165) is 5.75 Å². The van der Waals surface area contributed by atoms with Gasteiger partial charge in [0.2, 0.25) is 0 Å². The molecule has 0 saturated heterocycles. The van der Waals surface area contributed by atoms with Crippen LogP contribution in [0.4, 0.5) is 0 Å². The molecule has 0 amide bonds. The van der Waals surface area contributed by atoms with Crippen LogP contribution >= 0.6 is 0 Å². The zero-order chi connectivity index (χ0) is 26.5. The molecule has 0 aliphatic heterocycles. The maximum atomic E-state index is 5.94. The van der Waals surface area contributed by atoms with E-state index >= 15 is 0 Å². The van der Waals surface area contributed by atoms with Gasteiger partial charge in [0.15, 0.2) is 0 Å². The molecular formula is C39H26O. The average molecular weight is 511 g/mol. The quantitative estimate of drug-likeness (QED) is 0.214. The summed E-state index contributed by atoms with van der Waals surface area (Å²) < 4.78 is 5.94. The van der Waals surface area contributed by atoms with Gasteiger partial charge < -0.3 is 4.74 Å². The van der Waals surface area contributed by atoms with E-state index in [2.05, 4.69) is 140 Å². The standard InChI is InChI=1S/C39H26O/c1-40-25-22-23-31-30-16-6-9-19-34(30)38-32-17-7-2-12-26(32)28-14-4-10-20-35(28)39(38,37(31)24-25)36-21-11-5-15-29(36)27-13-3-8-18-33(27)38/h2-24H,1H3. The minimum Gasteiger partial charge on any atom is -0.497 e.